The number of nitrogens with zero attached hydrogens (tertiary/aromatic N) is 3. The van der Waals surface area contributed by atoms with Crippen molar-refractivity contribution in [3.63, 3.8) is 0 Å². The van der Waals surface area contributed by atoms with Gasteiger partial charge in [0.1, 0.15) is 11.9 Å². The van der Waals surface area contributed by atoms with Gasteiger partial charge in [-0.2, -0.15) is 0 Å². The van der Waals surface area contributed by atoms with Crippen LogP contribution in [-0.4, -0.2) is 51.9 Å². The molecule has 1 aliphatic heterocycles. The molecule has 1 aliphatic rings. The highest BCUT2D eigenvalue weighted by molar-refractivity contribution is 6.00. The maximum atomic E-state index is 13.1. The maximum Gasteiger partial charge on any atom is 0.254 e. The van der Waals surface area contributed by atoms with Gasteiger partial charge >= 0.3 is 0 Å². The second-order valence-electron chi connectivity index (χ2n) is 7.12. The Balaban J connectivity index is 1.71. The summed E-state index contributed by atoms with van der Waals surface area (Å²) in [7, 11) is 1.57. The van der Waals surface area contributed by atoms with E-state index in [1.54, 1.807) is 24.1 Å². The fourth-order valence-corrected chi connectivity index (χ4v) is 3.91. The zero-order valence-electron chi connectivity index (χ0n) is 15.9. The summed E-state index contributed by atoms with van der Waals surface area (Å²) in [5.74, 6) is 0.458. The fourth-order valence-electron chi connectivity index (χ4n) is 3.91. The van der Waals surface area contributed by atoms with Crippen LogP contribution in [0.25, 0.3) is 16.7 Å². The zero-order chi connectivity index (χ0) is 19.8. The van der Waals surface area contributed by atoms with Gasteiger partial charge < -0.3 is 16.0 Å². The topological polar surface area (TPSA) is 93.2 Å². The first-order chi connectivity index (χ1) is 13.5. The van der Waals surface area contributed by atoms with Crippen molar-refractivity contribution in [3.05, 3.63) is 59.9 Å². The zero-order valence-corrected chi connectivity index (χ0v) is 15.9. The van der Waals surface area contributed by atoms with Crippen LogP contribution in [0, 0.1) is 6.92 Å². The monoisotopic (exact) mass is 377 g/mol. The summed E-state index contributed by atoms with van der Waals surface area (Å²) in [6, 6.07) is 14.7. The van der Waals surface area contributed by atoms with Crippen molar-refractivity contribution in [2.24, 2.45) is 5.73 Å². The van der Waals surface area contributed by atoms with E-state index in [0.29, 0.717) is 18.5 Å². The van der Waals surface area contributed by atoms with Crippen LogP contribution in [0.3, 0.4) is 0 Å². The Morgan fingerprint density at radius 2 is 1.93 bits per heavy atom. The summed E-state index contributed by atoms with van der Waals surface area (Å²) in [6.45, 7) is 2.31. The summed E-state index contributed by atoms with van der Waals surface area (Å²) in [6.07, 6.45) is 0.468. The third-order valence-corrected chi connectivity index (χ3v) is 5.23. The van der Waals surface area contributed by atoms with E-state index < -0.39 is 6.04 Å². The Morgan fingerprint density at radius 3 is 2.64 bits per heavy atom. The van der Waals surface area contributed by atoms with Gasteiger partial charge in [-0.15, -0.1) is 0 Å². The highest BCUT2D eigenvalue weighted by Crippen LogP contribution is 2.25. The number of amides is 2. The molecule has 7 heteroatoms. The molecule has 28 heavy (non-hydrogen) atoms. The van der Waals surface area contributed by atoms with E-state index in [0.717, 1.165) is 22.5 Å². The summed E-state index contributed by atoms with van der Waals surface area (Å²) >= 11 is 0. The molecule has 0 radical (unpaired) electrons. The normalized spacial score (nSPS) is 19.2. The first-order valence-electron chi connectivity index (χ1n) is 9.32. The number of aromatic nitrogens is 2. The lowest BCUT2D eigenvalue weighted by Crippen LogP contribution is -2.45. The number of benzene rings is 2. The van der Waals surface area contributed by atoms with Gasteiger partial charge in [0.2, 0.25) is 5.91 Å². The minimum Gasteiger partial charge on any atom is -0.357 e. The lowest BCUT2D eigenvalue weighted by atomic mass is 10.1. The second-order valence-corrected chi connectivity index (χ2v) is 7.12. The predicted molar refractivity (Wildman–Crippen MR) is 107 cm³/mol. The van der Waals surface area contributed by atoms with Gasteiger partial charge in [-0.1, -0.05) is 18.2 Å². The van der Waals surface area contributed by atoms with Crippen molar-refractivity contribution in [1.82, 2.24) is 19.8 Å². The molecule has 1 fully saturated rings. The van der Waals surface area contributed by atoms with Gasteiger partial charge in [0.25, 0.3) is 5.91 Å². The summed E-state index contributed by atoms with van der Waals surface area (Å²) in [5.41, 5.74) is 9.21. The number of carbonyl (C=O) groups is 2. The molecule has 1 aromatic heterocycles. The first kappa shape index (κ1) is 18.2. The summed E-state index contributed by atoms with van der Waals surface area (Å²) < 4.78 is 2.06. The maximum absolute atomic E-state index is 13.1. The van der Waals surface area contributed by atoms with E-state index in [9.17, 15) is 9.59 Å². The van der Waals surface area contributed by atoms with Gasteiger partial charge in [0.05, 0.1) is 11.0 Å². The smallest absolute Gasteiger partial charge is 0.254 e. The Bertz CT molecular complexity index is 1040. The lowest BCUT2D eigenvalue weighted by molar-refractivity contribution is -0.124. The third kappa shape index (κ3) is 3.03. The number of hydrogen-bond donors (Lipinski definition) is 2. The van der Waals surface area contributed by atoms with Crippen LogP contribution in [0.15, 0.2) is 48.5 Å². The second kappa shape index (κ2) is 7.09. The first-order valence-corrected chi connectivity index (χ1v) is 9.32. The summed E-state index contributed by atoms with van der Waals surface area (Å²) in [5, 5.41) is 2.62. The number of imidazole rings is 1. The van der Waals surface area contributed by atoms with E-state index in [1.165, 1.54) is 0 Å². The predicted octanol–water partition coefficient (Wildman–Crippen LogP) is 1.62. The van der Waals surface area contributed by atoms with Crippen LogP contribution in [0.5, 0.6) is 0 Å². The van der Waals surface area contributed by atoms with E-state index in [-0.39, 0.29) is 17.9 Å². The third-order valence-electron chi connectivity index (χ3n) is 5.23. The Morgan fingerprint density at radius 1 is 1.18 bits per heavy atom. The number of rotatable bonds is 3. The molecule has 1 saturated heterocycles. The van der Waals surface area contributed by atoms with Crippen molar-refractivity contribution in [2.45, 2.75) is 25.4 Å². The molecule has 0 bridgehead atoms. The van der Waals surface area contributed by atoms with Gasteiger partial charge in [-0.05, 0) is 43.7 Å². The van der Waals surface area contributed by atoms with Crippen molar-refractivity contribution >= 4 is 22.8 Å². The fraction of sp³-hybridized carbons (Fsp3) is 0.286. The number of carbonyl (C=O) groups excluding carboxylic acids is 2. The van der Waals surface area contributed by atoms with E-state index in [2.05, 4.69) is 14.9 Å². The molecule has 144 valence electrons. The largest absolute Gasteiger partial charge is 0.357 e. The van der Waals surface area contributed by atoms with Crippen LogP contribution in [0.2, 0.25) is 0 Å². The molecule has 0 aliphatic carbocycles. The number of para-hydroxylation sites is 1. The van der Waals surface area contributed by atoms with Gasteiger partial charge in [0, 0.05) is 30.9 Å². The quantitative estimate of drug-likeness (QED) is 0.725. The number of hydrogen-bond acceptors (Lipinski definition) is 4. The van der Waals surface area contributed by atoms with Crippen LogP contribution in [-0.2, 0) is 4.79 Å². The SMILES string of the molecule is CNC(=O)[C@@H]1C[C@H](N)CN1C(=O)c1ccc2c(c1)nc(C)n2-c1ccccc1. The number of likely N-dealkylation sites (N-methyl/N-ethyl adjacent to an activating group) is 1. The van der Waals surface area contributed by atoms with Crippen LogP contribution < -0.4 is 11.1 Å². The Hall–Kier alpha value is -3.19. The van der Waals surface area contributed by atoms with Crippen LogP contribution in [0.4, 0.5) is 0 Å². The molecule has 3 N–H and O–H groups in total. The molecule has 7 nitrogen and oxygen atoms in total. The highest BCUT2D eigenvalue weighted by Gasteiger charge is 2.38. The lowest BCUT2D eigenvalue weighted by Gasteiger charge is -2.23. The van der Waals surface area contributed by atoms with Gasteiger partial charge in [-0.3, -0.25) is 14.2 Å². The van der Waals surface area contributed by atoms with Gasteiger partial charge in [-0.25, -0.2) is 4.98 Å². The summed E-state index contributed by atoms with van der Waals surface area (Å²) in [4.78, 5) is 31.4. The van der Waals surface area contributed by atoms with E-state index >= 15 is 0 Å². The number of nitrogens with two attached hydrogens (primary N) is 1. The van der Waals surface area contributed by atoms with E-state index in [4.69, 9.17) is 5.73 Å². The molecule has 4 rings (SSSR count). The minimum absolute atomic E-state index is 0.188. The molecule has 0 unspecified atom stereocenters. The van der Waals surface area contributed by atoms with Crippen LogP contribution >= 0.6 is 0 Å². The number of nitrogens with one attached hydrogen (secondary N) is 1. The molecular weight excluding hydrogens is 354 g/mol. The molecule has 0 spiro atoms. The number of likely N-dealkylation sites (tertiary alicyclic amines) is 1. The van der Waals surface area contributed by atoms with Crippen molar-refractivity contribution in [3.8, 4) is 5.69 Å². The molecule has 2 atom stereocenters. The van der Waals surface area contributed by atoms with Crippen LogP contribution in [0.1, 0.15) is 22.6 Å². The minimum atomic E-state index is -0.535. The molecule has 2 heterocycles. The molecule has 2 amide bonds. The number of aryl methyl sites for hydroxylation is 1. The average Bonchev–Trinajstić information content (AvgIpc) is 3.26. The standard InChI is InChI=1S/C21H23N5O2/c1-13-24-17-10-14(8-9-18(17)26(13)16-6-4-3-5-7-16)21(28)25-12-15(22)11-19(25)20(27)23-2/h3-10,15,19H,11-12,22H2,1-2H3,(H,23,27)/t15-,19-/m0/s1. The van der Waals surface area contributed by atoms with Crippen molar-refractivity contribution < 1.29 is 9.59 Å². The van der Waals surface area contributed by atoms with Crippen molar-refractivity contribution in [2.75, 3.05) is 13.6 Å². The molecular formula is C21H23N5O2. The Labute approximate surface area is 163 Å². The average molecular weight is 377 g/mol. The molecule has 3 aromatic rings. The van der Waals surface area contributed by atoms with Crippen molar-refractivity contribution in [1.29, 1.82) is 0 Å². The molecule has 2 aromatic carbocycles. The molecule has 0 saturated carbocycles. The van der Waals surface area contributed by atoms with Gasteiger partial charge in [0.15, 0.2) is 0 Å². The highest BCUT2D eigenvalue weighted by atomic mass is 16.2. The number of fused-ring (bicyclic) bond motifs is 1. The van der Waals surface area contributed by atoms with E-state index in [1.807, 2.05) is 43.3 Å². The Kier molecular flexibility index (Phi) is 4.60.